The first-order chi connectivity index (χ1) is 6.30. The summed E-state index contributed by atoms with van der Waals surface area (Å²) >= 11 is 0. The van der Waals surface area contributed by atoms with Crippen molar-refractivity contribution >= 4 is 6.29 Å². The van der Waals surface area contributed by atoms with E-state index in [-0.39, 0.29) is 11.5 Å². The maximum Gasteiger partial charge on any atom is 0.129 e. The van der Waals surface area contributed by atoms with Crippen LogP contribution in [0.4, 0.5) is 0 Å². The first-order valence-corrected chi connectivity index (χ1v) is 4.82. The molecule has 70 valence electrons. The lowest BCUT2D eigenvalue weighted by Crippen LogP contribution is -2.33. The van der Waals surface area contributed by atoms with Crippen molar-refractivity contribution in [2.75, 3.05) is 0 Å². The number of ether oxygens (including phenoxy) is 1. The summed E-state index contributed by atoms with van der Waals surface area (Å²) in [6, 6.07) is 0. The van der Waals surface area contributed by atoms with Crippen molar-refractivity contribution < 1.29 is 9.53 Å². The number of carbonyl (C=O) groups excluding carboxylic acids is 1. The summed E-state index contributed by atoms with van der Waals surface area (Å²) in [5.41, 5.74) is -0.272. The van der Waals surface area contributed by atoms with E-state index in [9.17, 15) is 4.79 Å². The zero-order chi connectivity index (χ0) is 9.31. The molecule has 2 bridgehead atoms. The van der Waals surface area contributed by atoms with E-state index in [1.54, 1.807) is 0 Å². The van der Waals surface area contributed by atoms with Crippen LogP contribution in [0.2, 0.25) is 0 Å². The van der Waals surface area contributed by atoms with Gasteiger partial charge in [0.1, 0.15) is 6.29 Å². The van der Waals surface area contributed by atoms with Crippen LogP contribution in [-0.4, -0.2) is 18.5 Å². The van der Waals surface area contributed by atoms with Crippen molar-refractivity contribution in [1.29, 1.82) is 0 Å². The lowest BCUT2D eigenvalue weighted by molar-refractivity contribution is -0.118. The van der Waals surface area contributed by atoms with Gasteiger partial charge < -0.3 is 9.53 Å². The third-order valence-corrected chi connectivity index (χ3v) is 3.19. The number of carbonyl (C=O) groups is 1. The van der Waals surface area contributed by atoms with Crippen LogP contribution in [0, 0.1) is 17.3 Å². The molecule has 0 spiro atoms. The second kappa shape index (κ2) is 3.16. The van der Waals surface area contributed by atoms with Crippen LogP contribution in [0.15, 0.2) is 0 Å². The molecule has 3 unspecified atom stereocenters. The minimum absolute atomic E-state index is 0.149. The fourth-order valence-corrected chi connectivity index (χ4v) is 2.44. The van der Waals surface area contributed by atoms with Crippen molar-refractivity contribution in [1.82, 2.24) is 0 Å². The summed E-state index contributed by atoms with van der Waals surface area (Å²) in [6.45, 7) is 1.81. The lowest BCUT2D eigenvalue weighted by Gasteiger charge is -2.27. The third kappa shape index (κ3) is 1.28. The van der Waals surface area contributed by atoms with Gasteiger partial charge in [-0.25, -0.2) is 0 Å². The number of hydrogen-bond donors (Lipinski definition) is 0. The Kier molecular flexibility index (Phi) is 2.13. The molecule has 0 aromatic rings. The maximum absolute atomic E-state index is 11.1. The van der Waals surface area contributed by atoms with Crippen molar-refractivity contribution in [3.05, 3.63) is 0 Å². The topological polar surface area (TPSA) is 26.3 Å². The Labute approximate surface area is 78.7 Å². The van der Waals surface area contributed by atoms with Crippen molar-refractivity contribution in [2.45, 2.75) is 44.8 Å². The summed E-state index contributed by atoms with van der Waals surface area (Å²) in [5, 5.41) is 0. The zero-order valence-corrected chi connectivity index (χ0v) is 7.88. The highest BCUT2D eigenvalue weighted by Crippen LogP contribution is 2.48. The van der Waals surface area contributed by atoms with E-state index >= 15 is 0 Å². The van der Waals surface area contributed by atoms with Gasteiger partial charge in [0.05, 0.1) is 17.6 Å². The molecule has 0 aliphatic carbocycles. The number of fused-ring (bicyclic) bond motifs is 2. The SMILES string of the molecule is CC#CCC1(C=O)CC2CCC1O2. The van der Waals surface area contributed by atoms with Crippen LogP contribution in [0.25, 0.3) is 0 Å². The van der Waals surface area contributed by atoms with E-state index in [1.165, 1.54) is 0 Å². The first-order valence-electron chi connectivity index (χ1n) is 4.82. The fourth-order valence-electron chi connectivity index (χ4n) is 2.44. The molecule has 0 aromatic heterocycles. The van der Waals surface area contributed by atoms with E-state index < -0.39 is 0 Å². The molecule has 0 N–H and O–H groups in total. The standard InChI is InChI=1S/C11H14O2/c1-2-3-6-11(8-12)7-9-4-5-10(11)13-9/h8-10H,4-7H2,1H3. The number of rotatable bonds is 2. The molecule has 2 heteroatoms. The molecule has 13 heavy (non-hydrogen) atoms. The molecular weight excluding hydrogens is 164 g/mol. The molecule has 0 amide bonds. The normalized spacial score (nSPS) is 41.3. The Morgan fingerprint density at radius 3 is 2.92 bits per heavy atom. The zero-order valence-electron chi connectivity index (χ0n) is 7.88. The average Bonchev–Trinajstić information content (AvgIpc) is 2.74. The Morgan fingerprint density at radius 1 is 1.62 bits per heavy atom. The summed E-state index contributed by atoms with van der Waals surface area (Å²) in [7, 11) is 0. The summed E-state index contributed by atoms with van der Waals surface area (Å²) < 4.78 is 5.68. The number of aldehydes is 1. The second-order valence-corrected chi connectivity index (χ2v) is 3.98. The molecule has 0 saturated carbocycles. The molecule has 2 aliphatic heterocycles. The maximum atomic E-state index is 11.1. The monoisotopic (exact) mass is 178 g/mol. The minimum atomic E-state index is -0.272. The Balaban J connectivity index is 2.15. The predicted octanol–water partition coefficient (Wildman–Crippen LogP) is 1.54. The van der Waals surface area contributed by atoms with E-state index in [0.717, 1.165) is 25.5 Å². The van der Waals surface area contributed by atoms with Crippen LogP contribution >= 0.6 is 0 Å². The molecular formula is C11H14O2. The minimum Gasteiger partial charge on any atom is -0.374 e. The molecule has 0 radical (unpaired) electrons. The van der Waals surface area contributed by atoms with E-state index in [4.69, 9.17) is 4.74 Å². The van der Waals surface area contributed by atoms with Gasteiger partial charge in [-0.05, 0) is 26.2 Å². The van der Waals surface area contributed by atoms with Gasteiger partial charge in [0, 0.05) is 6.42 Å². The van der Waals surface area contributed by atoms with Gasteiger partial charge in [0.25, 0.3) is 0 Å². The predicted molar refractivity (Wildman–Crippen MR) is 49.1 cm³/mol. The molecule has 2 fully saturated rings. The Hall–Kier alpha value is -0.810. The largest absolute Gasteiger partial charge is 0.374 e. The van der Waals surface area contributed by atoms with Gasteiger partial charge in [0.15, 0.2) is 0 Å². The van der Waals surface area contributed by atoms with Crippen molar-refractivity contribution in [3.8, 4) is 11.8 Å². The van der Waals surface area contributed by atoms with Crippen LogP contribution in [0.3, 0.4) is 0 Å². The summed E-state index contributed by atoms with van der Waals surface area (Å²) in [4.78, 5) is 11.1. The van der Waals surface area contributed by atoms with E-state index in [0.29, 0.717) is 12.5 Å². The Morgan fingerprint density at radius 2 is 2.46 bits per heavy atom. The third-order valence-electron chi connectivity index (χ3n) is 3.19. The van der Waals surface area contributed by atoms with E-state index in [1.807, 2.05) is 6.92 Å². The number of hydrogen-bond acceptors (Lipinski definition) is 2. The highest BCUT2D eigenvalue weighted by molar-refractivity contribution is 5.62. The average molecular weight is 178 g/mol. The highest BCUT2D eigenvalue weighted by Gasteiger charge is 2.51. The van der Waals surface area contributed by atoms with Crippen LogP contribution in [0.1, 0.15) is 32.6 Å². The van der Waals surface area contributed by atoms with Gasteiger partial charge in [0.2, 0.25) is 0 Å². The first kappa shape index (κ1) is 8.77. The van der Waals surface area contributed by atoms with Crippen LogP contribution in [-0.2, 0) is 9.53 Å². The molecule has 3 atom stereocenters. The molecule has 2 saturated heterocycles. The quantitative estimate of drug-likeness (QED) is 0.473. The van der Waals surface area contributed by atoms with Gasteiger partial charge in [-0.2, -0.15) is 0 Å². The van der Waals surface area contributed by atoms with Gasteiger partial charge in [-0.3, -0.25) is 0 Å². The highest BCUT2D eigenvalue weighted by atomic mass is 16.5. The van der Waals surface area contributed by atoms with Crippen molar-refractivity contribution in [2.24, 2.45) is 5.41 Å². The lowest BCUT2D eigenvalue weighted by atomic mass is 9.73. The molecule has 2 rings (SSSR count). The fraction of sp³-hybridized carbons (Fsp3) is 0.727. The molecule has 2 nitrogen and oxygen atoms in total. The summed E-state index contributed by atoms with van der Waals surface area (Å²) in [5.74, 6) is 5.85. The molecule has 0 aromatic carbocycles. The summed E-state index contributed by atoms with van der Waals surface area (Å²) in [6.07, 6.45) is 5.27. The van der Waals surface area contributed by atoms with Gasteiger partial charge in [-0.1, -0.05) is 0 Å². The molecule has 2 heterocycles. The second-order valence-electron chi connectivity index (χ2n) is 3.98. The molecule has 2 aliphatic rings. The van der Waals surface area contributed by atoms with Gasteiger partial charge >= 0.3 is 0 Å². The van der Waals surface area contributed by atoms with Crippen LogP contribution in [0.5, 0.6) is 0 Å². The van der Waals surface area contributed by atoms with Crippen molar-refractivity contribution in [3.63, 3.8) is 0 Å². The van der Waals surface area contributed by atoms with E-state index in [2.05, 4.69) is 11.8 Å². The van der Waals surface area contributed by atoms with Gasteiger partial charge in [-0.15, -0.1) is 11.8 Å². The smallest absolute Gasteiger partial charge is 0.129 e. The Bertz CT molecular complexity index is 274. The van der Waals surface area contributed by atoms with Crippen LogP contribution < -0.4 is 0 Å².